The number of nitrogens with zero attached hydrogens (tertiary/aromatic N) is 1. The molecule has 1 saturated heterocycles. The molecule has 2 heteroatoms. The topological polar surface area (TPSA) is 29.3 Å². The summed E-state index contributed by atoms with van der Waals surface area (Å²) in [6, 6.07) is 0.322. The first-order chi connectivity index (χ1) is 5.58. The Kier molecular flexibility index (Phi) is 3.53. The summed E-state index contributed by atoms with van der Waals surface area (Å²) in [6.45, 7) is 10.3. The Labute approximate surface area is 76.1 Å². The average molecular weight is 170 g/mol. The van der Waals surface area contributed by atoms with E-state index in [4.69, 9.17) is 5.73 Å². The SMILES string of the molecule is C[C@@H]1C[C@@H](C)CN(C[C@@H](C)N)C1. The van der Waals surface area contributed by atoms with Crippen LogP contribution in [0.3, 0.4) is 0 Å². The summed E-state index contributed by atoms with van der Waals surface area (Å²) in [5.74, 6) is 1.71. The van der Waals surface area contributed by atoms with Gasteiger partial charge in [-0.1, -0.05) is 13.8 Å². The number of nitrogens with two attached hydrogens (primary N) is 1. The molecule has 1 rings (SSSR count). The lowest BCUT2D eigenvalue weighted by atomic mass is 9.92. The predicted molar refractivity (Wildman–Crippen MR) is 53.0 cm³/mol. The van der Waals surface area contributed by atoms with Crippen molar-refractivity contribution in [1.29, 1.82) is 0 Å². The third-order valence-electron chi connectivity index (χ3n) is 2.49. The number of rotatable bonds is 2. The highest BCUT2D eigenvalue weighted by Crippen LogP contribution is 2.20. The number of hydrogen-bond donors (Lipinski definition) is 1. The summed E-state index contributed by atoms with van der Waals surface area (Å²) in [6.07, 6.45) is 1.38. The summed E-state index contributed by atoms with van der Waals surface area (Å²) in [5.41, 5.74) is 5.77. The average Bonchev–Trinajstić information content (AvgIpc) is 1.81. The second-order valence-electron chi connectivity index (χ2n) is 4.64. The molecule has 0 bridgehead atoms. The minimum atomic E-state index is 0.322. The molecule has 0 aromatic carbocycles. The lowest BCUT2D eigenvalue weighted by Crippen LogP contribution is -2.44. The molecule has 2 nitrogen and oxygen atoms in total. The molecule has 1 aliphatic heterocycles. The molecular weight excluding hydrogens is 148 g/mol. The van der Waals surface area contributed by atoms with E-state index < -0.39 is 0 Å². The van der Waals surface area contributed by atoms with Crippen molar-refractivity contribution in [2.24, 2.45) is 17.6 Å². The predicted octanol–water partition coefficient (Wildman–Crippen LogP) is 1.31. The monoisotopic (exact) mass is 170 g/mol. The van der Waals surface area contributed by atoms with Crippen molar-refractivity contribution in [3.05, 3.63) is 0 Å². The van der Waals surface area contributed by atoms with Crippen molar-refractivity contribution in [2.45, 2.75) is 33.2 Å². The van der Waals surface area contributed by atoms with Crippen molar-refractivity contribution < 1.29 is 0 Å². The molecule has 1 heterocycles. The van der Waals surface area contributed by atoms with Crippen LogP contribution in [-0.2, 0) is 0 Å². The van der Waals surface area contributed by atoms with E-state index in [2.05, 4.69) is 25.7 Å². The molecule has 0 saturated carbocycles. The van der Waals surface area contributed by atoms with Gasteiger partial charge in [0.25, 0.3) is 0 Å². The maximum Gasteiger partial charge on any atom is 0.0139 e. The molecule has 0 unspecified atom stereocenters. The highest BCUT2D eigenvalue weighted by Gasteiger charge is 2.21. The molecule has 0 spiro atoms. The second-order valence-corrected chi connectivity index (χ2v) is 4.64. The normalized spacial score (nSPS) is 35.0. The zero-order valence-corrected chi connectivity index (χ0v) is 8.59. The Balaban J connectivity index is 2.34. The van der Waals surface area contributed by atoms with Gasteiger partial charge in [-0.25, -0.2) is 0 Å². The van der Waals surface area contributed by atoms with Crippen LogP contribution in [-0.4, -0.2) is 30.6 Å². The summed E-state index contributed by atoms with van der Waals surface area (Å²) in [5, 5.41) is 0. The molecule has 2 N–H and O–H groups in total. The first-order valence-electron chi connectivity index (χ1n) is 5.06. The highest BCUT2D eigenvalue weighted by molar-refractivity contribution is 4.76. The Hall–Kier alpha value is -0.0800. The van der Waals surface area contributed by atoms with Gasteiger partial charge in [-0.05, 0) is 25.2 Å². The van der Waals surface area contributed by atoms with E-state index in [0.717, 1.165) is 18.4 Å². The first-order valence-corrected chi connectivity index (χ1v) is 5.06. The lowest BCUT2D eigenvalue weighted by Gasteiger charge is -2.35. The van der Waals surface area contributed by atoms with Gasteiger partial charge in [-0.3, -0.25) is 0 Å². The van der Waals surface area contributed by atoms with Crippen LogP contribution >= 0.6 is 0 Å². The Morgan fingerprint density at radius 2 is 1.83 bits per heavy atom. The second kappa shape index (κ2) is 4.24. The van der Waals surface area contributed by atoms with Gasteiger partial charge < -0.3 is 10.6 Å². The van der Waals surface area contributed by atoms with Gasteiger partial charge in [0.2, 0.25) is 0 Å². The molecule has 0 radical (unpaired) electrons. The van der Waals surface area contributed by atoms with E-state index >= 15 is 0 Å². The Bertz CT molecular complexity index is 121. The molecule has 0 aliphatic carbocycles. The first kappa shape index (κ1) is 10.0. The summed E-state index contributed by atoms with van der Waals surface area (Å²) in [4.78, 5) is 2.50. The summed E-state index contributed by atoms with van der Waals surface area (Å²) >= 11 is 0. The molecule has 1 aliphatic rings. The van der Waals surface area contributed by atoms with Crippen LogP contribution in [0, 0.1) is 11.8 Å². The molecule has 1 fully saturated rings. The van der Waals surface area contributed by atoms with Gasteiger partial charge in [0.05, 0.1) is 0 Å². The van der Waals surface area contributed by atoms with Gasteiger partial charge in [-0.15, -0.1) is 0 Å². The molecule has 0 amide bonds. The van der Waals surface area contributed by atoms with E-state index in [-0.39, 0.29) is 0 Å². The van der Waals surface area contributed by atoms with Gasteiger partial charge >= 0.3 is 0 Å². The van der Waals surface area contributed by atoms with Crippen molar-refractivity contribution >= 4 is 0 Å². The third kappa shape index (κ3) is 3.11. The van der Waals surface area contributed by atoms with Gasteiger partial charge in [0.15, 0.2) is 0 Å². The van der Waals surface area contributed by atoms with Crippen molar-refractivity contribution in [3.63, 3.8) is 0 Å². The van der Waals surface area contributed by atoms with Gasteiger partial charge in [0, 0.05) is 25.7 Å². The maximum atomic E-state index is 5.77. The number of likely N-dealkylation sites (tertiary alicyclic amines) is 1. The third-order valence-corrected chi connectivity index (χ3v) is 2.49. The maximum absolute atomic E-state index is 5.77. The molecule has 12 heavy (non-hydrogen) atoms. The Morgan fingerprint density at radius 3 is 2.25 bits per heavy atom. The molecular formula is C10H22N2. The summed E-state index contributed by atoms with van der Waals surface area (Å²) in [7, 11) is 0. The van der Waals surface area contributed by atoms with E-state index in [1.54, 1.807) is 0 Å². The largest absolute Gasteiger partial charge is 0.327 e. The van der Waals surface area contributed by atoms with E-state index in [9.17, 15) is 0 Å². The van der Waals surface area contributed by atoms with Crippen LogP contribution < -0.4 is 5.73 Å². The minimum absolute atomic E-state index is 0.322. The molecule has 72 valence electrons. The van der Waals surface area contributed by atoms with Crippen LogP contribution in [0.15, 0.2) is 0 Å². The van der Waals surface area contributed by atoms with Gasteiger partial charge in [0.1, 0.15) is 0 Å². The molecule has 3 atom stereocenters. The van der Waals surface area contributed by atoms with Crippen LogP contribution in [0.5, 0.6) is 0 Å². The Morgan fingerprint density at radius 1 is 1.33 bits per heavy atom. The minimum Gasteiger partial charge on any atom is -0.327 e. The van der Waals surface area contributed by atoms with Crippen molar-refractivity contribution in [2.75, 3.05) is 19.6 Å². The number of piperidine rings is 1. The molecule has 0 aromatic rings. The van der Waals surface area contributed by atoms with E-state index in [0.29, 0.717) is 6.04 Å². The zero-order chi connectivity index (χ0) is 9.14. The summed E-state index contributed by atoms with van der Waals surface area (Å²) < 4.78 is 0. The zero-order valence-electron chi connectivity index (χ0n) is 8.59. The smallest absolute Gasteiger partial charge is 0.0139 e. The van der Waals surface area contributed by atoms with Crippen LogP contribution in [0.25, 0.3) is 0 Å². The van der Waals surface area contributed by atoms with Gasteiger partial charge in [-0.2, -0.15) is 0 Å². The molecule has 0 aromatic heterocycles. The van der Waals surface area contributed by atoms with Crippen LogP contribution in [0.4, 0.5) is 0 Å². The number of hydrogen-bond acceptors (Lipinski definition) is 2. The lowest BCUT2D eigenvalue weighted by molar-refractivity contribution is 0.136. The van der Waals surface area contributed by atoms with E-state index in [1.807, 2.05) is 0 Å². The van der Waals surface area contributed by atoms with Crippen molar-refractivity contribution in [3.8, 4) is 0 Å². The fourth-order valence-corrected chi connectivity index (χ4v) is 2.35. The van der Waals surface area contributed by atoms with Crippen LogP contribution in [0.2, 0.25) is 0 Å². The van der Waals surface area contributed by atoms with Crippen molar-refractivity contribution in [1.82, 2.24) is 4.90 Å². The fraction of sp³-hybridized carbons (Fsp3) is 1.00. The fourth-order valence-electron chi connectivity index (χ4n) is 2.35. The standard InChI is InChI=1S/C10H22N2/c1-8-4-9(2)6-12(5-8)7-10(3)11/h8-10H,4-7,11H2,1-3H3/t8-,9-,10-/m1/s1. The van der Waals surface area contributed by atoms with E-state index in [1.165, 1.54) is 19.5 Å². The highest BCUT2D eigenvalue weighted by atomic mass is 15.1. The van der Waals surface area contributed by atoms with Crippen LogP contribution in [0.1, 0.15) is 27.2 Å². The quantitative estimate of drug-likeness (QED) is 0.677.